The molecule has 4 aromatic rings. The molecule has 1 atom stereocenters. The molecule has 0 bridgehead atoms. The van der Waals surface area contributed by atoms with Gasteiger partial charge in [0.25, 0.3) is 0 Å². The fraction of sp³-hybridized carbons (Fsp3) is 0.194. The topological polar surface area (TPSA) is 104 Å². The number of aliphatic hydroxyl groups is 1. The third-order valence-corrected chi connectivity index (χ3v) is 8.71. The predicted octanol–water partition coefficient (Wildman–Crippen LogP) is 5.97. The van der Waals surface area contributed by atoms with Crippen molar-refractivity contribution in [3.63, 3.8) is 0 Å². The molecule has 0 aliphatic rings. The second-order valence-electron chi connectivity index (χ2n) is 9.16. The molecule has 0 heterocycles. The standard InChI is InChI=1S/C31H30ClNO5S/c1-2-25-26(27-9-3-4-10-28(27)31(35)36)11-6-12-30(25)39(37,38)24-15-13-21(14-16-24)17-18-33-20-29(34)22-7-5-8-23(32)19-22/h3-16,19,29,33-34H,2,17-18,20H2,1H3,(H,35,36)/t29-/m0/s1. The number of aliphatic hydroxyl groups excluding tert-OH is 1. The van der Waals surface area contributed by atoms with Crippen molar-refractivity contribution in [3.05, 3.63) is 118 Å². The molecule has 8 heteroatoms. The van der Waals surface area contributed by atoms with E-state index in [1.165, 1.54) is 6.07 Å². The second-order valence-corrected chi connectivity index (χ2v) is 11.5. The Balaban J connectivity index is 1.49. The first-order chi connectivity index (χ1) is 18.7. The lowest BCUT2D eigenvalue weighted by Gasteiger charge is -2.16. The van der Waals surface area contributed by atoms with E-state index in [2.05, 4.69) is 5.32 Å². The van der Waals surface area contributed by atoms with E-state index < -0.39 is 21.9 Å². The minimum absolute atomic E-state index is 0.125. The number of halogens is 1. The van der Waals surface area contributed by atoms with Crippen LogP contribution in [-0.4, -0.2) is 37.7 Å². The van der Waals surface area contributed by atoms with Crippen molar-refractivity contribution >= 4 is 27.4 Å². The van der Waals surface area contributed by atoms with Gasteiger partial charge in [0, 0.05) is 11.6 Å². The summed E-state index contributed by atoms with van der Waals surface area (Å²) in [7, 11) is -3.84. The molecule has 0 amide bonds. The number of hydrogen-bond acceptors (Lipinski definition) is 5. The first-order valence-corrected chi connectivity index (χ1v) is 14.5. The predicted molar refractivity (Wildman–Crippen MR) is 153 cm³/mol. The number of sulfone groups is 1. The molecule has 202 valence electrons. The molecule has 0 unspecified atom stereocenters. The van der Waals surface area contributed by atoms with Crippen molar-refractivity contribution < 1.29 is 23.4 Å². The van der Waals surface area contributed by atoms with Crippen LogP contribution in [0.1, 0.15) is 40.1 Å². The van der Waals surface area contributed by atoms with Crippen molar-refractivity contribution in [3.8, 4) is 11.1 Å². The van der Waals surface area contributed by atoms with Gasteiger partial charge in [-0.1, -0.05) is 73.1 Å². The van der Waals surface area contributed by atoms with Gasteiger partial charge in [0.05, 0.1) is 21.5 Å². The summed E-state index contributed by atoms with van der Waals surface area (Å²) in [5.74, 6) is -1.06. The van der Waals surface area contributed by atoms with E-state index in [4.69, 9.17) is 11.6 Å². The van der Waals surface area contributed by atoms with E-state index in [1.54, 1.807) is 78.9 Å². The van der Waals surface area contributed by atoms with Gasteiger partial charge in [-0.25, -0.2) is 13.2 Å². The number of benzene rings is 4. The normalized spacial score (nSPS) is 12.3. The highest BCUT2D eigenvalue weighted by atomic mass is 35.5. The largest absolute Gasteiger partial charge is 0.478 e. The Kier molecular flexibility index (Phi) is 9.20. The van der Waals surface area contributed by atoms with E-state index in [-0.39, 0.29) is 15.4 Å². The number of carbonyl (C=O) groups is 1. The van der Waals surface area contributed by atoms with E-state index in [0.29, 0.717) is 47.6 Å². The van der Waals surface area contributed by atoms with Crippen molar-refractivity contribution in [2.75, 3.05) is 13.1 Å². The van der Waals surface area contributed by atoms with E-state index in [1.807, 2.05) is 13.0 Å². The zero-order valence-electron chi connectivity index (χ0n) is 21.5. The maximum Gasteiger partial charge on any atom is 0.336 e. The number of nitrogens with one attached hydrogen (secondary N) is 1. The zero-order chi connectivity index (χ0) is 28.0. The summed E-state index contributed by atoms with van der Waals surface area (Å²) in [6, 6.07) is 25.5. The van der Waals surface area contributed by atoms with Crippen LogP contribution in [0.5, 0.6) is 0 Å². The molecule has 0 saturated heterocycles. The second kappa shape index (κ2) is 12.6. The van der Waals surface area contributed by atoms with Gasteiger partial charge in [-0.15, -0.1) is 0 Å². The van der Waals surface area contributed by atoms with Crippen molar-refractivity contribution in [2.24, 2.45) is 0 Å². The number of rotatable bonds is 11. The Morgan fingerprint density at radius 3 is 2.31 bits per heavy atom. The molecule has 0 aromatic heterocycles. The molecular formula is C31H30ClNO5S. The fourth-order valence-corrected chi connectivity index (χ4v) is 6.39. The van der Waals surface area contributed by atoms with Gasteiger partial charge in [0.1, 0.15) is 0 Å². The summed E-state index contributed by atoms with van der Waals surface area (Å²) in [5, 5.41) is 23.8. The number of aromatic carboxylic acids is 1. The summed E-state index contributed by atoms with van der Waals surface area (Å²) >= 11 is 5.99. The highest BCUT2D eigenvalue weighted by Gasteiger charge is 2.24. The monoisotopic (exact) mass is 563 g/mol. The van der Waals surface area contributed by atoms with Gasteiger partial charge in [-0.05, 0) is 83.6 Å². The van der Waals surface area contributed by atoms with Gasteiger partial charge in [-0.2, -0.15) is 0 Å². The lowest BCUT2D eigenvalue weighted by atomic mass is 9.94. The summed E-state index contributed by atoms with van der Waals surface area (Å²) in [6.07, 6.45) is 0.399. The number of hydrogen-bond donors (Lipinski definition) is 3. The smallest absolute Gasteiger partial charge is 0.336 e. The molecule has 0 aliphatic heterocycles. The summed E-state index contributed by atoms with van der Waals surface area (Å²) < 4.78 is 27.3. The van der Waals surface area contributed by atoms with Crippen LogP contribution in [0.15, 0.2) is 101 Å². The Hall–Kier alpha value is -3.49. The average molecular weight is 564 g/mol. The minimum Gasteiger partial charge on any atom is -0.478 e. The van der Waals surface area contributed by atoms with Crippen LogP contribution < -0.4 is 5.32 Å². The molecule has 4 aromatic carbocycles. The van der Waals surface area contributed by atoms with Crippen molar-refractivity contribution in [1.29, 1.82) is 0 Å². The third-order valence-electron chi connectivity index (χ3n) is 6.62. The molecule has 0 fully saturated rings. The highest BCUT2D eigenvalue weighted by Crippen LogP contribution is 2.34. The first kappa shape index (κ1) is 28.5. The van der Waals surface area contributed by atoms with Crippen molar-refractivity contribution in [2.45, 2.75) is 35.7 Å². The molecule has 0 aliphatic carbocycles. The quantitative estimate of drug-likeness (QED) is 0.194. The summed E-state index contributed by atoms with van der Waals surface area (Å²) in [6.45, 7) is 2.84. The summed E-state index contributed by atoms with van der Waals surface area (Å²) in [5.41, 5.74) is 3.49. The molecule has 6 nitrogen and oxygen atoms in total. The van der Waals surface area contributed by atoms with Crippen molar-refractivity contribution in [1.82, 2.24) is 5.32 Å². The molecule has 4 rings (SSSR count). The molecule has 0 saturated carbocycles. The number of carboxylic acids is 1. The molecule has 0 spiro atoms. The Morgan fingerprint density at radius 2 is 1.62 bits per heavy atom. The Bertz CT molecular complexity index is 1570. The van der Waals surface area contributed by atoms with Gasteiger partial charge < -0.3 is 15.5 Å². The van der Waals surface area contributed by atoms with E-state index in [9.17, 15) is 23.4 Å². The van der Waals surface area contributed by atoms with E-state index in [0.717, 1.165) is 11.1 Å². The lowest BCUT2D eigenvalue weighted by molar-refractivity contribution is 0.0697. The fourth-order valence-electron chi connectivity index (χ4n) is 4.60. The van der Waals surface area contributed by atoms with Gasteiger partial charge in [0.2, 0.25) is 9.84 Å². The van der Waals surface area contributed by atoms with Crippen LogP contribution >= 0.6 is 11.6 Å². The molecular weight excluding hydrogens is 534 g/mol. The molecule has 39 heavy (non-hydrogen) atoms. The molecule has 3 N–H and O–H groups in total. The van der Waals surface area contributed by atoms with Crippen LogP contribution in [0.4, 0.5) is 0 Å². The maximum absolute atomic E-state index is 13.7. The number of carboxylic acid groups (broad SMARTS) is 1. The zero-order valence-corrected chi connectivity index (χ0v) is 23.0. The van der Waals surface area contributed by atoms with E-state index >= 15 is 0 Å². The Morgan fingerprint density at radius 1 is 0.923 bits per heavy atom. The highest BCUT2D eigenvalue weighted by molar-refractivity contribution is 7.91. The first-order valence-electron chi connectivity index (χ1n) is 12.6. The Labute approximate surface area is 233 Å². The molecule has 0 radical (unpaired) electrons. The van der Waals surface area contributed by atoms with Crippen LogP contribution in [0, 0.1) is 0 Å². The summed E-state index contributed by atoms with van der Waals surface area (Å²) in [4.78, 5) is 12.1. The van der Waals surface area contributed by atoms with Crippen LogP contribution in [0.3, 0.4) is 0 Å². The van der Waals surface area contributed by atoms with Gasteiger partial charge in [0.15, 0.2) is 0 Å². The van der Waals surface area contributed by atoms with Crippen LogP contribution in [-0.2, 0) is 22.7 Å². The SMILES string of the molecule is CCc1c(-c2ccccc2C(=O)O)cccc1S(=O)(=O)c1ccc(CCNC[C@H](O)c2cccc(Cl)c2)cc1. The van der Waals surface area contributed by atoms with Crippen LogP contribution in [0.25, 0.3) is 11.1 Å². The third kappa shape index (κ3) is 6.57. The maximum atomic E-state index is 13.7. The van der Waals surface area contributed by atoms with Gasteiger partial charge >= 0.3 is 5.97 Å². The van der Waals surface area contributed by atoms with Crippen LogP contribution in [0.2, 0.25) is 5.02 Å². The minimum atomic E-state index is -3.84. The lowest BCUT2D eigenvalue weighted by Crippen LogP contribution is -2.23. The van der Waals surface area contributed by atoms with Gasteiger partial charge in [-0.3, -0.25) is 0 Å². The average Bonchev–Trinajstić information content (AvgIpc) is 2.95.